The molecule has 2 saturated heterocycles. The minimum Gasteiger partial charge on any atom is -0.375 e. The Labute approximate surface area is 124 Å². The first kappa shape index (κ1) is 16.2. The van der Waals surface area contributed by atoms with Crippen LogP contribution >= 0.6 is 0 Å². The Hall–Kier alpha value is -0.160. The molecule has 0 spiro atoms. The van der Waals surface area contributed by atoms with Crippen molar-refractivity contribution < 1.29 is 4.74 Å². The van der Waals surface area contributed by atoms with E-state index >= 15 is 0 Å². The monoisotopic (exact) mass is 283 g/mol. The van der Waals surface area contributed by atoms with Crippen LogP contribution in [0.4, 0.5) is 0 Å². The number of hydrogen-bond donors (Lipinski definition) is 1. The lowest BCUT2D eigenvalue weighted by Gasteiger charge is -2.56. The summed E-state index contributed by atoms with van der Waals surface area (Å²) >= 11 is 0. The molecular formula is C16H33N3O. The van der Waals surface area contributed by atoms with Crippen LogP contribution in [0.2, 0.25) is 0 Å². The zero-order chi connectivity index (χ0) is 15.0. The zero-order valence-electron chi connectivity index (χ0n) is 14.0. The first-order valence-electron chi connectivity index (χ1n) is 8.07. The van der Waals surface area contributed by atoms with E-state index in [0.29, 0.717) is 0 Å². The van der Waals surface area contributed by atoms with Gasteiger partial charge in [0.15, 0.2) is 0 Å². The maximum atomic E-state index is 6.26. The van der Waals surface area contributed by atoms with E-state index in [1.54, 1.807) is 0 Å². The molecular weight excluding hydrogens is 250 g/mol. The van der Waals surface area contributed by atoms with Gasteiger partial charge in [-0.2, -0.15) is 0 Å². The highest BCUT2D eigenvalue weighted by molar-refractivity contribution is 5.04. The Morgan fingerprint density at radius 3 is 2.45 bits per heavy atom. The van der Waals surface area contributed by atoms with Crippen molar-refractivity contribution in [1.82, 2.24) is 9.80 Å². The number of hydrogen-bond acceptors (Lipinski definition) is 4. The largest absolute Gasteiger partial charge is 0.375 e. The highest BCUT2D eigenvalue weighted by atomic mass is 16.5. The van der Waals surface area contributed by atoms with Gasteiger partial charge in [-0.05, 0) is 47.1 Å². The van der Waals surface area contributed by atoms with Gasteiger partial charge in [0.05, 0.1) is 5.60 Å². The number of piperazine rings is 1. The molecule has 2 atom stereocenters. The summed E-state index contributed by atoms with van der Waals surface area (Å²) < 4.78 is 6.04. The highest BCUT2D eigenvalue weighted by Crippen LogP contribution is 2.39. The molecule has 0 bridgehead atoms. The van der Waals surface area contributed by atoms with Gasteiger partial charge in [0.25, 0.3) is 0 Å². The van der Waals surface area contributed by atoms with Crippen molar-refractivity contribution in [3.8, 4) is 0 Å². The minimum absolute atomic E-state index is 0.00882. The predicted molar refractivity (Wildman–Crippen MR) is 83.9 cm³/mol. The molecule has 2 fully saturated rings. The lowest BCUT2D eigenvalue weighted by molar-refractivity contribution is -0.143. The third-order valence-electron chi connectivity index (χ3n) is 5.84. The van der Waals surface area contributed by atoms with Gasteiger partial charge in [0.1, 0.15) is 0 Å². The summed E-state index contributed by atoms with van der Waals surface area (Å²) in [5.41, 5.74) is 6.60. The minimum atomic E-state index is -0.00882. The Balaban J connectivity index is 2.19. The summed E-state index contributed by atoms with van der Waals surface area (Å²) in [6.45, 7) is 14.1. The molecule has 2 heterocycles. The average Bonchev–Trinajstić information content (AvgIpc) is 2.41. The summed E-state index contributed by atoms with van der Waals surface area (Å²) in [4.78, 5) is 5.12. The summed E-state index contributed by atoms with van der Waals surface area (Å²) in [5.74, 6) is 0. The fourth-order valence-electron chi connectivity index (χ4n) is 3.77. The number of nitrogens with two attached hydrogens (primary N) is 1. The molecule has 4 nitrogen and oxygen atoms in total. The van der Waals surface area contributed by atoms with Gasteiger partial charge in [0.2, 0.25) is 0 Å². The van der Waals surface area contributed by atoms with Crippen LogP contribution in [0.15, 0.2) is 0 Å². The molecule has 4 heteroatoms. The summed E-state index contributed by atoms with van der Waals surface area (Å²) in [6.07, 6.45) is 3.19. The van der Waals surface area contributed by atoms with Gasteiger partial charge >= 0.3 is 0 Å². The Morgan fingerprint density at radius 1 is 1.20 bits per heavy atom. The SMILES string of the molecule is CCC1(C)CC(CN)(N2CCN(C)C(C)(C)C2)CCO1. The smallest absolute Gasteiger partial charge is 0.0670 e. The number of likely N-dealkylation sites (N-methyl/N-ethyl adjacent to an activating group) is 1. The molecule has 0 amide bonds. The molecule has 2 rings (SSSR count). The Morgan fingerprint density at radius 2 is 1.90 bits per heavy atom. The predicted octanol–water partition coefficient (Wildman–Crippen LogP) is 1.69. The standard InChI is InChI=1S/C16H33N3O/c1-6-15(4)11-16(12-17,7-10-20-15)19-9-8-18(5)14(2,3)13-19/h6-13,17H2,1-5H3. The van der Waals surface area contributed by atoms with Crippen molar-refractivity contribution in [2.45, 2.75) is 63.6 Å². The van der Waals surface area contributed by atoms with Crippen molar-refractivity contribution in [2.75, 3.05) is 39.8 Å². The van der Waals surface area contributed by atoms with Crippen LogP contribution in [0.1, 0.15) is 47.0 Å². The fraction of sp³-hybridized carbons (Fsp3) is 1.00. The van der Waals surface area contributed by atoms with Crippen LogP contribution < -0.4 is 5.73 Å². The number of nitrogens with zero attached hydrogens (tertiary/aromatic N) is 2. The molecule has 0 aliphatic carbocycles. The molecule has 0 saturated carbocycles. The van der Waals surface area contributed by atoms with Crippen LogP contribution in [0.25, 0.3) is 0 Å². The second kappa shape index (κ2) is 5.56. The Kier molecular flexibility index (Phi) is 4.51. The quantitative estimate of drug-likeness (QED) is 0.856. The third kappa shape index (κ3) is 2.89. The Bertz CT molecular complexity index is 347. The maximum absolute atomic E-state index is 6.26. The van der Waals surface area contributed by atoms with Gasteiger partial charge in [-0.1, -0.05) is 6.92 Å². The van der Waals surface area contributed by atoms with Crippen LogP contribution in [0.5, 0.6) is 0 Å². The first-order chi connectivity index (χ1) is 9.27. The molecule has 0 radical (unpaired) electrons. The normalized spacial score (nSPS) is 39.9. The topological polar surface area (TPSA) is 41.7 Å². The molecule has 0 aromatic rings. The van der Waals surface area contributed by atoms with E-state index in [-0.39, 0.29) is 16.7 Å². The highest BCUT2D eigenvalue weighted by Gasteiger charge is 2.48. The third-order valence-corrected chi connectivity index (χ3v) is 5.84. The second-order valence-corrected chi connectivity index (χ2v) is 7.66. The van der Waals surface area contributed by atoms with Crippen LogP contribution in [-0.4, -0.2) is 66.3 Å². The molecule has 2 aliphatic heterocycles. The van der Waals surface area contributed by atoms with Crippen LogP contribution in [0, 0.1) is 0 Å². The molecule has 2 unspecified atom stereocenters. The lowest BCUT2D eigenvalue weighted by atomic mass is 9.76. The zero-order valence-corrected chi connectivity index (χ0v) is 14.0. The van der Waals surface area contributed by atoms with Crippen LogP contribution in [-0.2, 0) is 4.74 Å². The number of ether oxygens (including phenoxy) is 1. The molecule has 2 aliphatic rings. The van der Waals surface area contributed by atoms with Gasteiger partial charge in [-0.3, -0.25) is 9.80 Å². The molecule has 0 aromatic heterocycles. The molecule has 118 valence electrons. The maximum Gasteiger partial charge on any atom is 0.0670 e. The molecule has 0 aromatic carbocycles. The van der Waals surface area contributed by atoms with Gasteiger partial charge < -0.3 is 10.5 Å². The van der Waals surface area contributed by atoms with Crippen molar-refractivity contribution in [1.29, 1.82) is 0 Å². The second-order valence-electron chi connectivity index (χ2n) is 7.66. The van der Waals surface area contributed by atoms with Crippen molar-refractivity contribution in [3.05, 3.63) is 0 Å². The summed E-state index contributed by atoms with van der Waals surface area (Å²) in [6, 6.07) is 0. The van der Waals surface area contributed by atoms with Crippen LogP contribution in [0.3, 0.4) is 0 Å². The number of rotatable bonds is 3. The van der Waals surface area contributed by atoms with Gasteiger partial charge in [0, 0.05) is 43.9 Å². The van der Waals surface area contributed by atoms with Gasteiger partial charge in [-0.25, -0.2) is 0 Å². The van der Waals surface area contributed by atoms with E-state index < -0.39 is 0 Å². The van der Waals surface area contributed by atoms with Crippen molar-refractivity contribution in [3.63, 3.8) is 0 Å². The van der Waals surface area contributed by atoms with Gasteiger partial charge in [-0.15, -0.1) is 0 Å². The van der Waals surface area contributed by atoms with E-state index in [2.05, 4.69) is 44.5 Å². The van der Waals surface area contributed by atoms with E-state index in [4.69, 9.17) is 10.5 Å². The molecule has 20 heavy (non-hydrogen) atoms. The van der Waals surface area contributed by atoms with Crippen molar-refractivity contribution in [2.24, 2.45) is 5.73 Å². The van der Waals surface area contributed by atoms with E-state index in [1.807, 2.05) is 0 Å². The van der Waals surface area contributed by atoms with E-state index in [9.17, 15) is 0 Å². The van der Waals surface area contributed by atoms with Crippen molar-refractivity contribution >= 4 is 0 Å². The summed E-state index contributed by atoms with van der Waals surface area (Å²) in [7, 11) is 2.23. The average molecular weight is 283 g/mol. The molecule has 2 N–H and O–H groups in total. The van der Waals surface area contributed by atoms with E-state index in [0.717, 1.165) is 52.0 Å². The first-order valence-corrected chi connectivity index (χ1v) is 8.07. The fourth-order valence-corrected chi connectivity index (χ4v) is 3.77. The lowest BCUT2D eigenvalue weighted by Crippen LogP contribution is -2.68. The van der Waals surface area contributed by atoms with E-state index in [1.165, 1.54) is 0 Å². The summed E-state index contributed by atoms with van der Waals surface area (Å²) in [5, 5.41) is 0.